The maximum Gasteiger partial charge on any atom is 0.161 e. The third kappa shape index (κ3) is 5.05. The summed E-state index contributed by atoms with van der Waals surface area (Å²) in [7, 11) is 3.37. The maximum absolute atomic E-state index is 6.23. The third-order valence-corrected chi connectivity index (χ3v) is 7.13. The Morgan fingerprint density at radius 1 is 0.969 bits per heavy atom. The Balaban J connectivity index is 1.48. The van der Waals surface area contributed by atoms with Crippen LogP contribution in [0.2, 0.25) is 5.02 Å². The molecule has 2 aromatic rings. The van der Waals surface area contributed by atoms with Crippen LogP contribution in [-0.2, 0) is 0 Å². The zero-order valence-corrected chi connectivity index (χ0v) is 20.4. The first-order valence-corrected chi connectivity index (χ1v) is 12.3. The molecule has 0 bridgehead atoms. The van der Waals surface area contributed by atoms with Crippen molar-refractivity contribution >= 4 is 28.9 Å². The Labute approximate surface area is 201 Å². The molecular weight excluding hydrogens is 447 g/mol. The van der Waals surface area contributed by atoms with E-state index < -0.39 is 0 Å². The van der Waals surface area contributed by atoms with Crippen LogP contribution >= 0.6 is 23.2 Å². The van der Waals surface area contributed by atoms with Crippen molar-refractivity contribution in [1.82, 2.24) is 4.90 Å². The van der Waals surface area contributed by atoms with Gasteiger partial charge >= 0.3 is 0 Å². The molecule has 2 aliphatic rings. The predicted octanol–water partition coefficient (Wildman–Crippen LogP) is 5.78. The van der Waals surface area contributed by atoms with Crippen molar-refractivity contribution in [2.75, 3.05) is 51.2 Å². The second kappa shape index (κ2) is 10.9. The van der Waals surface area contributed by atoms with E-state index in [0.29, 0.717) is 29.6 Å². The molecule has 2 aliphatic heterocycles. The van der Waals surface area contributed by atoms with Gasteiger partial charge in [0.2, 0.25) is 0 Å². The second-order valence-corrected chi connectivity index (χ2v) is 9.19. The van der Waals surface area contributed by atoms with E-state index in [2.05, 4.69) is 28.0 Å². The molecule has 174 valence electrons. The lowest BCUT2D eigenvalue weighted by Crippen LogP contribution is -2.55. The molecule has 2 aromatic carbocycles. The minimum absolute atomic E-state index is 0.404. The lowest BCUT2D eigenvalue weighted by Gasteiger charge is -2.49. The van der Waals surface area contributed by atoms with E-state index in [9.17, 15) is 0 Å². The van der Waals surface area contributed by atoms with E-state index in [0.717, 1.165) is 43.3 Å². The number of anilines is 1. The van der Waals surface area contributed by atoms with Crippen molar-refractivity contribution in [3.63, 3.8) is 0 Å². The minimum Gasteiger partial charge on any atom is -0.495 e. The molecule has 0 aliphatic carbocycles. The standard InChI is InChI=1S/C25H32Cl2N2O3/c1-30-24-16-19(8-9-21(24)27)28-12-13-29-20(17-28)5-3-6-22(29)18-7-10-23(25(15-18)31-2)32-14-4-11-26/h7-10,15-16,20,22H,3-6,11-14,17H2,1-2H3/t20?,22-/m1/s1. The summed E-state index contributed by atoms with van der Waals surface area (Å²) in [4.78, 5) is 5.13. The molecule has 0 amide bonds. The number of hydrogen-bond acceptors (Lipinski definition) is 5. The first-order chi connectivity index (χ1) is 15.6. The Morgan fingerprint density at radius 2 is 1.81 bits per heavy atom. The molecule has 2 atom stereocenters. The van der Waals surface area contributed by atoms with Gasteiger partial charge in [-0.25, -0.2) is 0 Å². The minimum atomic E-state index is 0.404. The highest BCUT2D eigenvalue weighted by atomic mass is 35.5. The molecule has 2 saturated heterocycles. The summed E-state index contributed by atoms with van der Waals surface area (Å²) >= 11 is 12.0. The van der Waals surface area contributed by atoms with Gasteiger partial charge in [-0.15, -0.1) is 11.6 Å². The van der Waals surface area contributed by atoms with Gasteiger partial charge in [-0.2, -0.15) is 0 Å². The molecule has 32 heavy (non-hydrogen) atoms. The van der Waals surface area contributed by atoms with Gasteiger partial charge in [0.1, 0.15) is 5.75 Å². The summed E-state index contributed by atoms with van der Waals surface area (Å²) in [5.41, 5.74) is 2.48. The van der Waals surface area contributed by atoms with Crippen LogP contribution in [0.4, 0.5) is 5.69 Å². The van der Waals surface area contributed by atoms with Crippen molar-refractivity contribution in [2.24, 2.45) is 0 Å². The average molecular weight is 479 g/mol. The van der Waals surface area contributed by atoms with Crippen LogP contribution < -0.4 is 19.1 Å². The SMILES string of the molecule is COc1cc(N2CCN3C(CCC[C@@H]3c3ccc(OCCCCl)c(OC)c3)C2)ccc1Cl. The van der Waals surface area contributed by atoms with Gasteiger partial charge in [-0.3, -0.25) is 4.90 Å². The second-order valence-electron chi connectivity index (χ2n) is 8.40. The summed E-state index contributed by atoms with van der Waals surface area (Å²) in [6, 6.07) is 13.4. The van der Waals surface area contributed by atoms with E-state index in [1.54, 1.807) is 14.2 Å². The van der Waals surface area contributed by atoms with Gasteiger partial charge in [0.25, 0.3) is 0 Å². The van der Waals surface area contributed by atoms with E-state index in [4.69, 9.17) is 37.4 Å². The highest BCUT2D eigenvalue weighted by molar-refractivity contribution is 6.32. The Kier molecular flexibility index (Phi) is 7.93. The molecule has 0 saturated carbocycles. The fourth-order valence-electron chi connectivity index (χ4n) is 4.93. The lowest BCUT2D eigenvalue weighted by molar-refractivity contribution is 0.0715. The van der Waals surface area contributed by atoms with Gasteiger partial charge in [0.05, 0.1) is 25.8 Å². The normalized spacial score (nSPS) is 21.2. The fraction of sp³-hybridized carbons (Fsp3) is 0.520. The number of piperazine rings is 1. The monoisotopic (exact) mass is 478 g/mol. The number of ether oxygens (including phenoxy) is 3. The van der Waals surface area contributed by atoms with Crippen LogP contribution in [0.3, 0.4) is 0 Å². The molecule has 2 heterocycles. The summed E-state index contributed by atoms with van der Waals surface area (Å²) in [6.45, 7) is 3.62. The number of rotatable bonds is 8. The van der Waals surface area contributed by atoms with Crippen molar-refractivity contribution < 1.29 is 14.2 Å². The van der Waals surface area contributed by atoms with Crippen LogP contribution in [0.25, 0.3) is 0 Å². The molecule has 0 radical (unpaired) electrons. The van der Waals surface area contributed by atoms with Crippen molar-refractivity contribution in [3.05, 3.63) is 47.0 Å². The third-order valence-electron chi connectivity index (χ3n) is 6.55. The van der Waals surface area contributed by atoms with Crippen LogP contribution in [0.1, 0.15) is 37.3 Å². The fourth-order valence-corrected chi connectivity index (χ4v) is 5.24. The molecule has 5 nitrogen and oxygen atoms in total. The molecule has 4 rings (SSSR count). The summed E-state index contributed by atoms with van der Waals surface area (Å²) in [6.07, 6.45) is 4.43. The van der Waals surface area contributed by atoms with Gasteiger partial charge in [-0.1, -0.05) is 17.7 Å². The van der Waals surface area contributed by atoms with Gasteiger partial charge in [-0.05, 0) is 55.5 Å². The molecular formula is C25H32Cl2N2O3. The number of halogens is 2. The van der Waals surface area contributed by atoms with Crippen LogP contribution in [-0.4, -0.2) is 57.3 Å². The molecule has 2 fully saturated rings. The smallest absolute Gasteiger partial charge is 0.161 e. The number of benzene rings is 2. The quantitative estimate of drug-likeness (QED) is 0.354. The molecule has 0 aromatic heterocycles. The number of alkyl halides is 1. The first-order valence-electron chi connectivity index (χ1n) is 11.4. The number of nitrogens with zero attached hydrogens (tertiary/aromatic N) is 2. The highest BCUT2D eigenvalue weighted by Crippen LogP contribution is 2.40. The molecule has 0 spiro atoms. The summed E-state index contributed by atoms with van der Waals surface area (Å²) in [5, 5.41) is 0.650. The number of piperidine rings is 1. The highest BCUT2D eigenvalue weighted by Gasteiger charge is 2.36. The van der Waals surface area contributed by atoms with Crippen LogP contribution in [0, 0.1) is 0 Å². The Morgan fingerprint density at radius 3 is 2.59 bits per heavy atom. The van der Waals surface area contributed by atoms with E-state index >= 15 is 0 Å². The van der Waals surface area contributed by atoms with Gasteiger partial charge in [0, 0.05) is 49.4 Å². The lowest BCUT2D eigenvalue weighted by atomic mass is 9.89. The molecule has 7 heteroatoms. The van der Waals surface area contributed by atoms with Gasteiger partial charge in [0.15, 0.2) is 11.5 Å². The van der Waals surface area contributed by atoms with Crippen molar-refractivity contribution in [3.8, 4) is 17.2 Å². The number of fused-ring (bicyclic) bond motifs is 1. The van der Waals surface area contributed by atoms with Crippen molar-refractivity contribution in [1.29, 1.82) is 0 Å². The number of hydrogen-bond donors (Lipinski definition) is 0. The predicted molar refractivity (Wildman–Crippen MR) is 131 cm³/mol. The van der Waals surface area contributed by atoms with E-state index in [1.807, 2.05) is 18.2 Å². The van der Waals surface area contributed by atoms with Gasteiger partial charge < -0.3 is 19.1 Å². The first kappa shape index (κ1) is 23.3. The summed E-state index contributed by atoms with van der Waals surface area (Å²) < 4.78 is 16.9. The van der Waals surface area contributed by atoms with Crippen LogP contribution in [0.5, 0.6) is 17.2 Å². The van der Waals surface area contributed by atoms with Crippen LogP contribution in [0.15, 0.2) is 36.4 Å². The average Bonchev–Trinajstić information content (AvgIpc) is 2.84. The maximum atomic E-state index is 6.23. The zero-order valence-electron chi connectivity index (χ0n) is 18.9. The summed E-state index contributed by atoms with van der Waals surface area (Å²) in [5.74, 6) is 2.91. The Bertz CT molecular complexity index is 911. The zero-order chi connectivity index (χ0) is 22.5. The number of methoxy groups -OCH3 is 2. The topological polar surface area (TPSA) is 34.2 Å². The van der Waals surface area contributed by atoms with Crippen molar-refractivity contribution in [2.45, 2.75) is 37.8 Å². The Hall–Kier alpha value is -1.82. The largest absolute Gasteiger partial charge is 0.495 e. The van der Waals surface area contributed by atoms with E-state index in [-0.39, 0.29) is 0 Å². The molecule has 0 N–H and O–H groups in total. The molecule has 1 unspecified atom stereocenters. The van der Waals surface area contributed by atoms with E-state index in [1.165, 1.54) is 30.5 Å².